The van der Waals surface area contributed by atoms with Crippen LogP contribution in [0.5, 0.6) is 0 Å². The molecule has 22 heavy (non-hydrogen) atoms. The number of carbonyl (C=O) groups excluding carboxylic acids is 1. The van der Waals surface area contributed by atoms with Crippen molar-refractivity contribution in [3.05, 3.63) is 17.4 Å². The summed E-state index contributed by atoms with van der Waals surface area (Å²) in [5.41, 5.74) is 0.262. The minimum atomic E-state index is -3.68. The predicted molar refractivity (Wildman–Crippen MR) is 82.2 cm³/mol. The first-order valence-corrected chi connectivity index (χ1v) is 8.72. The van der Waals surface area contributed by atoms with Crippen LogP contribution >= 0.6 is 0 Å². The van der Waals surface area contributed by atoms with Gasteiger partial charge in [0, 0.05) is 32.7 Å². The Kier molecular flexibility index (Phi) is 4.93. The van der Waals surface area contributed by atoms with Crippen molar-refractivity contribution in [3.63, 3.8) is 0 Å². The van der Waals surface area contributed by atoms with Gasteiger partial charge in [-0.05, 0) is 25.8 Å². The molecule has 1 amide bonds. The monoisotopic (exact) mass is 329 g/mol. The number of amides is 1. The van der Waals surface area contributed by atoms with Gasteiger partial charge in [-0.3, -0.25) is 4.79 Å². The quantitative estimate of drug-likeness (QED) is 0.842. The fourth-order valence-corrected chi connectivity index (χ4v) is 3.27. The van der Waals surface area contributed by atoms with Gasteiger partial charge in [0.05, 0.1) is 5.56 Å². The Morgan fingerprint density at radius 3 is 2.73 bits per heavy atom. The molecule has 2 atom stereocenters. The molecule has 1 aromatic heterocycles. The summed E-state index contributed by atoms with van der Waals surface area (Å²) in [5, 5.41) is 5.98. The lowest BCUT2D eigenvalue weighted by Gasteiger charge is -2.30. The standard InChI is InChI=1S/C14H23N3O4S/c1-9-5-6-15-8-12(9)16-14(18)11-7-13(21-10(11)2)22(19,20)17(3)4/h7,9,12,15H,5-6,8H2,1-4H3,(H,16,18). The topological polar surface area (TPSA) is 91.7 Å². The lowest BCUT2D eigenvalue weighted by molar-refractivity contribution is 0.0913. The van der Waals surface area contributed by atoms with Gasteiger partial charge in [-0.15, -0.1) is 0 Å². The number of nitrogens with one attached hydrogen (secondary N) is 2. The summed E-state index contributed by atoms with van der Waals surface area (Å²) in [5.74, 6) is 0.374. The summed E-state index contributed by atoms with van der Waals surface area (Å²) >= 11 is 0. The van der Waals surface area contributed by atoms with E-state index in [1.807, 2.05) is 0 Å². The second-order valence-corrected chi connectivity index (χ2v) is 7.96. The number of hydrogen-bond acceptors (Lipinski definition) is 5. The molecular weight excluding hydrogens is 306 g/mol. The number of carbonyl (C=O) groups is 1. The Hall–Kier alpha value is -1.38. The fraction of sp³-hybridized carbons (Fsp3) is 0.643. The smallest absolute Gasteiger partial charge is 0.275 e. The molecule has 0 saturated carbocycles. The minimum absolute atomic E-state index is 0.0319. The zero-order valence-electron chi connectivity index (χ0n) is 13.3. The van der Waals surface area contributed by atoms with E-state index in [1.165, 1.54) is 20.2 Å². The largest absolute Gasteiger partial charge is 0.448 e. The molecule has 0 spiro atoms. The van der Waals surface area contributed by atoms with Gasteiger partial charge >= 0.3 is 0 Å². The molecule has 2 N–H and O–H groups in total. The number of nitrogens with zero attached hydrogens (tertiary/aromatic N) is 1. The molecule has 2 unspecified atom stereocenters. The lowest BCUT2D eigenvalue weighted by Crippen LogP contribution is -2.50. The molecule has 2 rings (SSSR count). The van der Waals surface area contributed by atoms with Gasteiger partial charge in [-0.1, -0.05) is 6.92 Å². The molecule has 1 aliphatic rings. The van der Waals surface area contributed by atoms with Crippen molar-refractivity contribution in [1.29, 1.82) is 0 Å². The van der Waals surface area contributed by atoms with Gasteiger partial charge in [0.2, 0.25) is 5.09 Å². The maximum Gasteiger partial charge on any atom is 0.275 e. The summed E-state index contributed by atoms with van der Waals surface area (Å²) in [6.45, 7) is 5.35. The fourth-order valence-electron chi connectivity index (χ4n) is 2.42. The highest BCUT2D eigenvalue weighted by atomic mass is 32.2. The number of rotatable bonds is 4. The van der Waals surface area contributed by atoms with E-state index in [2.05, 4.69) is 17.6 Å². The number of piperidine rings is 1. The van der Waals surface area contributed by atoms with Crippen molar-refractivity contribution in [1.82, 2.24) is 14.9 Å². The van der Waals surface area contributed by atoms with E-state index < -0.39 is 10.0 Å². The SMILES string of the molecule is Cc1oc(S(=O)(=O)N(C)C)cc1C(=O)NC1CNCCC1C. The summed E-state index contributed by atoms with van der Waals surface area (Å²) in [4.78, 5) is 12.4. The van der Waals surface area contributed by atoms with Crippen LogP contribution in [0.15, 0.2) is 15.6 Å². The molecule has 1 fully saturated rings. The van der Waals surface area contributed by atoms with Crippen LogP contribution in [0.4, 0.5) is 0 Å². The van der Waals surface area contributed by atoms with Crippen LogP contribution in [0.3, 0.4) is 0 Å². The van der Waals surface area contributed by atoms with Gasteiger partial charge in [-0.2, -0.15) is 0 Å². The Morgan fingerprint density at radius 2 is 2.14 bits per heavy atom. The molecule has 1 aromatic rings. The summed E-state index contributed by atoms with van der Waals surface area (Å²) in [6, 6.07) is 1.32. The van der Waals surface area contributed by atoms with E-state index in [0.29, 0.717) is 18.2 Å². The molecule has 1 saturated heterocycles. The number of hydrogen-bond donors (Lipinski definition) is 2. The third-order valence-corrected chi connectivity index (χ3v) is 5.69. The molecule has 0 aliphatic carbocycles. The van der Waals surface area contributed by atoms with Crippen LogP contribution in [0.2, 0.25) is 0 Å². The molecule has 2 heterocycles. The molecule has 124 valence electrons. The Balaban J connectivity index is 2.19. The van der Waals surface area contributed by atoms with Crippen molar-refractivity contribution in [2.24, 2.45) is 5.92 Å². The van der Waals surface area contributed by atoms with Gasteiger partial charge in [0.15, 0.2) is 0 Å². The molecular formula is C14H23N3O4S. The summed E-state index contributed by atoms with van der Waals surface area (Å²) in [7, 11) is -0.844. The Morgan fingerprint density at radius 1 is 1.45 bits per heavy atom. The average Bonchev–Trinajstić information content (AvgIpc) is 2.84. The van der Waals surface area contributed by atoms with Crippen molar-refractivity contribution in [2.45, 2.75) is 31.4 Å². The zero-order chi connectivity index (χ0) is 16.5. The summed E-state index contributed by atoms with van der Waals surface area (Å²) < 4.78 is 30.4. The second kappa shape index (κ2) is 6.39. The van der Waals surface area contributed by atoms with E-state index >= 15 is 0 Å². The van der Waals surface area contributed by atoms with E-state index in [9.17, 15) is 13.2 Å². The zero-order valence-corrected chi connectivity index (χ0v) is 14.2. The van der Waals surface area contributed by atoms with Crippen molar-refractivity contribution in [3.8, 4) is 0 Å². The van der Waals surface area contributed by atoms with E-state index in [-0.39, 0.29) is 22.6 Å². The van der Waals surface area contributed by atoms with E-state index in [0.717, 1.165) is 17.3 Å². The molecule has 7 nitrogen and oxygen atoms in total. The number of sulfonamides is 1. The summed E-state index contributed by atoms with van der Waals surface area (Å²) in [6.07, 6.45) is 0.996. The lowest BCUT2D eigenvalue weighted by atomic mass is 9.94. The van der Waals surface area contributed by atoms with Gasteiger partial charge in [0.25, 0.3) is 15.9 Å². The van der Waals surface area contributed by atoms with E-state index in [4.69, 9.17) is 4.42 Å². The number of furan rings is 1. The first-order chi connectivity index (χ1) is 10.2. The number of aryl methyl sites for hydroxylation is 1. The Labute approximate surface area is 131 Å². The van der Waals surface area contributed by atoms with Gasteiger partial charge < -0.3 is 15.1 Å². The van der Waals surface area contributed by atoms with Gasteiger partial charge in [-0.25, -0.2) is 12.7 Å². The maximum atomic E-state index is 12.4. The minimum Gasteiger partial charge on any atom is -0.448 e. The highest BCUT2D eigenvalue weighted by molar-refractivity contribution is 7.88. The highest BCUT2D eigenvalue weighted by Gasteiger charge is 2.28. The van der Waals surface area contributed by atoms with Crippen LogP contribution in [-0.2, 0) is 10.0 Å². The highest BCUT2D eigenvalue weighted by Crippen LogP contribution is 2.22. The third-order valence-electron chi connectivity index (χ3n) is 4.02. The van der Waals surface area contributed by atoms with Crippen LogP contribution in [0.25, 0.3) is 0 Å². The first kappa shape index (κ1) is 17.0. The molecule has 0 radical (unpaired) electrons. The normalized spacial score (nSPS) is 22.8. The molecule has 0 bridgehead atoms. The Bertz CT molecular complexity index is 651. The van der Waals surface area contributed by atoms with Crippen LogP contribution in [0.1, 0.15) is 29.5 Å². The van der Waals surface area contributed by atoms with Gasteiger partial charge in [0.1, 0.15) is 5.76 Å². The molecule has 1 aliphatic heterocycles. The van der Waals surface area contributed by atoms with Crippen LogP contribution in [-0.4, -0.2) is 51.9 Å². The van der Waals surface area contributed by atoms with Crippen LogP contribution in [0, 0.1) is 12.8 Å². The third kappa shape index (κ3) is 3.34. The van der Waals surface area contributed by atoms with Crippen LogP contribution < -0.4 is 10.6 Å². The second-order valence-electron chi connectivity index (χ2n) is 5.87. The average molecular weight is 329 g/mol. The first-order valence-electron chi connectivity index (χ1n) is 7.28. The predicted octanol–water partition coefficient (Wildman–Crippen LogP) is 0.566. The van der Waals surface area contributed by atoms with Crippen molar-refractivity contribution in [2.75, 3.05) is 27.2 Å². The van der Waals surface area contributed by atoms with E-state index in [1.54, 1.807) is 6.92 Å². The molecule has 0 aromatic carbocycles. The molecule has 8 heteroatoms. The van der Waals surface area contributed by atoms with Crippen molar-refractivity contribution < 1.29 is 17.6 Å². The maximum absolute atomic E-state index is 12.4. The van der Waals surface area contributed by atoms with Crippen molar-refractivity contribution >= 4 is 15.9 Å².